The van der Waals surface area contributed by atoms with Crippen molar-refractivity contribution >= 4 is 5.95 Å². The van der Waals surface area contributed by atoms with Gasteiger partial charge in [-0.05, 0) is 31.9 Å². The van der Waals surface area contributed by atoms with Crippen molar-refractivity contribution in [2.24, 2.45) is 7.05 Å². The fourth-order valence-electron chi connectivity index (χ4n) is 4.04. The van der Waals surface area contributed by atoms with Gasteiger partial charge in [0.15, 0.2) is 0 Å². The van der Waals surface area contributed by atoms with E-state index in [0.29, 0.717) is 0 Å². The Balaban J connectivity index is 1.73. The van der Waals surface area contributed by atoms with E-state index in [9.17, 15) is 0 Å². The second-order valence-electron chi connectivity index (χ2n) is 7.77. The zero-order valence-corrected chi connectivity index (χ0v) is 17.1. The first-order valence-corrected chi connectivity index (χ1v) is 9.86. The zero-order valence-electron chi connectivity index (χ0n) is 17.1. The summed E-state index contributed by atoms with van der Waals surface area (Å²) in [4.78, 5) is 14.1. The van der Waals surface area contributed by atoms with E-state index >= 15 is 0 Å². The van der Waals surface area contributed by atoms with Gasteiger partial charge in [0, 0.05) is 51.2 Å². The Hall–Kier alpha value is -2.73. The van der Waals surface area contributed by atoms with Crippen molar-refractivity contribution in [2.45, 2.75) is 32.4 Å². The Labute approximate surface area is 166 Å². The molecule has 6 heteroatoms. The van der Waals surface area contributed by atoms with Crippen molar-refractivity contribution in [2.75, 3.05) is 25.5 Å². The van der Waals surface area contributed by atoms with Crippen LogP contribution < -0.4 is 4.90 Å². The van der Waals surface area contributed by atoms with Crippen LogP contribution in [-0.2, 0) is 13.6 Å². The van der Waals surface area contributed by atoms with Gasteiger partial charge in [-0.3, -0.25) is 9.58 Å². The molecule has 1 aromatic carbocycles. The molecule has 1 saturated heterocycles. The standard InChI is InChI=1S/C22H28N6/c1-16-18(14-27(4)25-16)15-28-12-8-11-20(28)21-19(17-9-6-5-7-10-17)13-23-22(24-21)26(2)3/h5-7,9-10,13-14,20H,8,11-12,15H2,1-4H3. The molecule has 0 N–H and O–H groups in total. The van der Waals surface area contributed by atoms with Crippen LogP contribution in [-0.4, -0.2) is 45.3 Å². The SMILES string of the molecule is Cc1nn(C)cc1CN1CCCC1c1nc(N(C)C)ncc1-c1ccccc1. The summed E-state index contributed by atoms with van der Waals surface area (Å²) in [6.07, 6.45) is 6.41. The van der Waals surface area contributed by atoms with Gasteiger partial charge < -0.3 is 4.90 Å². The lowest BCUT2D eigenvalue weighted by Crippen LogP contribution is -2.25. The van der Waals surface area contributed by atoms with Gasteiger partial charge in [0.25, 0.3) is 0 Å². The van der Waals surface area contributed by atoms with Crippen LogP contribution in [0.5, 0.6) is 0 Å². The van der Waals surface area contributed by atoms with E-state index in [1.807, 2.05) is 43.0 Å². The Morgan fingerprint density at radius 3 is 2.64 bits per heavy atom. The third-order valence-electron chi connectivity index (χ3n) is 5.46. The summed E-state index contributed by atoms with van der Waals surface area (Å²) >= 11 is 0. The summed E-state index contributed by atoms with van der Waals surface area (Å²) in [5.74, 6) is 0.763. The second kappa shape index (κ2) is 7.72. The maximum atomic E-state index is 5.00. The fourth-order valence-corrected chi connectivity index (χ4v) is 4.04. The lowest BCUT2D eigenvalue weighted by atomic mass is 9.99. The smallest absolute Gasteiger partial charge is 0.225 e. The normalized spacial score (nSPS) is 17.2. The first-order valence-electron chi connectivity index (χ1n) is 9.86. The molecule has 1 aliphatic heterocycles. The third-order valence-corrected chi connectivity index (χ3v) is 5.46. The quantitative estimate of drug-likeness (QED) is 0.681. The maximum absolute atomic E-state index is 5.00. The van der Waals surface area contributed by atoms with E-state index in [1.54, 1.807) is 0 Å². The highest BCUT2D eigenvalue weighted by molar-refractivity contribution is 5.66. The number of aryl methyl sites for hydroxylation is 2. The topological polar surface area (TPSA) is 50.1 Å². The van der Waals surface area contributed by atoms with E-state index in [2.05, 4.69) is 52.4 Å². The largest absolute Gasteiger partial charge is 0.347 e. The summed E-state index contributed by atoms with van der Waals surface area (Å²) in [6, 6.07) is 10.8. The van der Waals surface area contributed by atoms with Crippen molar-refractivity contribution in [3.05, 3.63) is 59.7 Å². The lowest BCUT2D eigenvalue weighted by Gasteiger charge is -2.26. The summed E-state index contributed by atoms with van der Waals surface area (Å²) in [5, 5.41) is 4.51. The molecule has 4 rings (SSSR count). The van der Waals surface area contributed by atoms with Crippen LogP contribution in [0.2, 0.25) is 0 Å². The molecular formula is C22H28N6. The molecule has 3 heterocycles. The molecule has 28 heavy (non-hydrogen) atoms. The van der Waals surface area contributed by atoms with Gasteiger partial charge >= 0.3 is 0 Å². The lowest BCUT2D eigenvalue weighted by molar-refractivity contribution is 0.244. The second-order valence-corrected chi connectivity index (χ2v) is 7.77. The number of nitrogens with zero attached hydrogens (tertiary/aromatic N) is 6. The van der Waals surface area contributed by atoms with Crippen LogP contribution in [0, 0.1) is 6.92 Å². The number of benzene rings is 1. The van der Waals surface area contributed by atoms with Crippen LogP contribution in [0.25, 0.3) is 11.1 Å². The highest BCUT2D eigenvalue weighted by Crippen LogP contribution is 2.38. The van der Waals surface area contributed by atoms with E-state index in [-0.39, 0.29) is 6.04 Å². The molecular weight excluding hydrogens is 348 g/mol. The summed E-state index contributed by atoms with van der Waals surface area (Å²) in [5.41, 5.74) is 5.83. The number of hydrogen-bond donors (Lipinski definition) is 0. The molecule has 2 aromatic heterocycles. The average molecular weight is 377 g/mol. The molecule has 0 saturated carbocycles. The van der Waals surface area contributed by atoms with Gasteiger partial charge in [0.1, 0.15) is 0 Å². The molecule has 0 bridgehead atoms. The van der Waals surface area contributed by atoms with Gasteiger partial charge in [-0.1, -0.05) is 30.3 Å². The molecule has 3 aromatic rings. The molecule has 0 radical (unpaired) electrons. The van der Waals surface area contributed by atoms with Gasteiger partial charge in [-0.25, -0.2) is 9.97 Å². The zero-order chi connectivity index (χ0) is 19.7. The molecule has 0 aliphatic carbocycles. The molecule has 1 unspecified atom stereocenters. The first kappa shape index (κ1) is 18.6. The number of hydrogen-bond acceptors (Lipinski definition) is 5. The number of likely N-dealkylation sites (tertiary alicyclic amines) is 1. The molecule has 6 nitrogen and oxygen atoms in total. The van der Waals surface area contributed by atoms with Crippen LogP contribution in [0.15, 0.2) is 42.7 Å². The van der Waals surface area contributed by atoms with Crippen LogP contribution in [0.3, 0.4) is 0 Å². The van der Waals surface area contributed by atoms with E-state index in [0.717, 1.165) is 42.4 Å². The fraction of sp³-hybridized carbons (Fsp3) is 0.409. The minimum Gasteiger partial charge on any atom is -0.347 e. The number of rotatable bonds is 5. The highest BCUT2D eigenvalue weighted by Gasteiger charge is 2.30. The van der Waals surface area contributed by atoms with Gasteiger partial charge in [0.05, 0.1) is 17.4 Å². The summed E-state index contributed by atoms with van der Waals surface area (Å²) < 4.78 is 1.90. The minimum atomic E-state index is 0.288. The Bertz CT molecular complexity index is 947. The van der Waals surface area contributed by atoms with E-state index in [1.165, 1.54) is 17.5 Å². The van der Waals surface area contributed by atoms with Crippen molar-refractivity contribution in [1.82, 2.24) is 24.6 Å². The predicted molar refractivity (Wildman–Crippen MR) is 112 cm³/mol. The van der Waals surface area contributed by atoms with Crippen LogP contribution in [0.4, 0.5) is 5.95 Å². The Morgan fingerprint density at radius 2 is 1.96 bits per heavy atom. The summed E-state index contributed by atoms with van der Waals surface area (Å²) in [7, 11) is 5.97. The summed E-state index contributed by atoms with van der Waals surface area (Å²) in [6.45, 7) is 4.07. The molecule has 146 valence electrons. The molecule has 0 amide bonds. The predicted octanol–water partition coefficient (Wildman–Crippen LogP) is 3.59. The molecule has 1 aliphatic rings. The van der Waals surface area contributed by atoms with E-state index < -0.39 is 0 Å². The molecule has 0 spiro atoms. The monoisotopic (exact) mass is 376 g/mol. The highest BCUT2D eigenvalue weighted by atomic mass is 15.3. The average Bonchev–Trinajstić information content (AvgIpc) is 3.28. The maximum Gasteiger partial charge on any atom is 0.225 e. The minimum absolute atomic E-state index is 0.288. The number of anilines is 1. The van der Waals surface area contributed by atoms with Crippen molar-refractivity contribution in [3.8, 4) is 11.1 Å². The van der Waals surface area contributed by atoms with Gasteiger partial charge in [0.2, 0.25) is 5.95 Å². The third kappa shape index (κ3) is 3.64. The molecule has 1 fully saturated rings. The number of aromatic nitrogens is 4. The van der Waals surface area contributed by atoms with Crippen molar-refractivity contribution in [3.63, 3.8) is 0 Å². The van der Waals surface area contributed by atoms with Gasteiger partial charge in [-0.15, -0.1) is 0 Å². The van der Waals surface area contributed by atoms with Crippen molar-refractivity contribution in [1.29, 1.82) is 0 Å². The van der Waals surface area contributed by atoms with Crippen LogP contribution in [0.1, 0.15) is 35.8 Å². The molecule has 1 atom stereocenters. The van der Waals surface area contributed by atoms with Crippen molar-refractivity contribution < 1.29 is 0 Å². The first-order chi connectivity index (χ1) is 13.5. The van der Waals surface area contributed by atoms with E-state index in [4.69, 9.17) is 4.98 Å². The Kier molecular flexibility index (Phi) is 5.13. The van der Waals surface area contributed by atoms with Crippen LogP contribution >= 0.6 is 0 Å². The Morgan fingerprint density at radius 1 is 1.18 bits per heavy atom. The van der Waals surface area contributed by atoms with Gasteiger partial charge in [-0.2, -0.15) is 5.10 Å².